The molecule has 1 N–H and O–H groups in total. The minimum Gasteiger partial charge on any atom is -0.326 e. The van der Waals surface area contributed by atoms with Gasteiger partial charge in [-0.1, -0.05) is 18.6 Å². The minimum absolute atomic E-state index is 0.0115. The molecule has 140 valence electrons. The van der Waals surface area contributed by atoms with Crippen molar-refractivity contribution in [3.05, 3.63) is 45.7 Å². The molecule has 6 heteroatoms. The average molecular weight is 419 g/mol. The number of benzene rings is 1. The maximum Gasteiger partial charge on any atom is 0.226 e. The van der Waals surface area contributed by atoms with Gasteiger partial charge in [0.05, 0.1) is 16.7 Å². The highest BCUT2D eigenvalue weighted by atomic mass is 79.9. The van der Waals surface area contributed by atoms with Gasteiger partial charge in [-0.05, 0) is 73.4 Å². The van der Waals surface area contributed by atoms with E-state index in [0.717, 1.165) is 28.1 Å². The predicted molar refractivity (Wildman–Crippen MR) is 108 cm³/mol. The highest BCUT2D eigenvalue weighted by molar-refractivity contribution is 9.10. The number of nitrogens with one attached hydrogen (secondary N) is 1. The van der Waals surface area contributed by atoms with Crippen molar-refractivity contribution in [2.45, 2.75) is 52.6 Å². The fraction of sp³-hybridized carbons (Fsp3) is 0.500. The van der Waals surface area contributed by atoms with Gasteiger partial charge in [-0.15, -0.1) is 0 Å². The molecule has 1 aromatic heterocycles. The normalized spacial score (nSPS) is 15.2. The summed E-state index contributed by atoms with van der Waals surface area (Å²) in [6, 6.07) is 8.22. The van der Waals surface area contributed by atoms with E-state index in [-0.39, 0.29) is 5.91 Å². The van der Waals surface area contributed by atoms with Crippen LogP contribution < -0.4 is 5.32 Å². The van der Waals surface area contributed by atoms with E-state index < -0.39 is 0 Å². The standard InChI is InChI=1S/C20H27BrN4O/c1-15-20(21)16(2)25(23-15)13-10-19(26)22-18-8-6-17(7-9-18)14-24-11-4-3-5-12-24/h6-9H,3-5,10-14H2,1-2H3,(H,22,26). The van der Waals surface area contributed by atoms with Crippen molar-refractivity contribution in [3.63, 3.8) is 0 Å². The third-order valence-electron chi connectivity index (χ3n) is 4.94. The third-order valence-corrected chi connectivity index (χ3v) is 6.08. The maximum atomic E-state index is 12.2. The number of piperidine rings is 1. The summed E-state index contributed by atoms with van der Waals surface area (Å²) in [6.45, 7) is 7.93. The van der Waals surface area contributed by atoms with Gasteiger partial charge in [0.1, 0.15) is 0 Å². The van der Waals surface area contributed by atoms with Crippen molar-refractivity contribution < 1.29 is 4.79 Å². The number of likely N-dealkylation sites (tertiary alicyclic amines) is 1. The molecular formula is C20H27BrN4O. The number of aryl methyl sites for hydroxylation is 2. The summed E-state index contributed by atoms with van der Waals surface area (Å²) in [5.74, 6) is 0.0115. The largest absolute Gasteiger partial charge is 0.326 e. The molecule has 1 aliphatic heterocycles. The predicted octanol–water partition coefficient (Wildman–Crippen LogP) is 4.28. The van der Waals surface area contributed by atoms with Crippen LogP contribution in [0, 0.1) is 13.8 Å². The van der Waals surface area contributed by atoms with Gasteiger partial charge in [0, 0.05) is 24.3 Å². The van der Waals surface area contributed by atoms with E-state index in [1.165, 1.54) is 37.9 Å². The molecule has 1 saturated heterocycles. The van der Waals surface area contributed by atoms with Gasteiger partial charge in [0.25, 0.3) is 0 Å². The van der Waals surface area contributed by atoms with Crippen LogP contribution >= 0.6 is 15.9 Å². The molecule has 5 nitrogen and oxygen atoms in total. The zero-order valence-corrected chi connectivity index (χ0v) is 17.2. The maximum absolute atomic E-state index is 12.2. The number of rotatable bonds is 6. The molecule has 0 radical (unpaired) electrons. The minimum atomic E-state index is 0.0115. The smallest absolute Gasteiger partial charge is 0.226 e. The van der Waals surface area contributed by atoms with Crippen LogP contribution in [0.3, 0.4) is 0 Å². The molecule has 0 saturated carbocycles. The van der Waals surface area contributed by atoms with Crippen LogP contribution in [0.4, 0.5) is 5.69 Å². The average Bonchev–Trinajstić information content (AvgIpc) is 2.89. The summed E-state index contributed by atoms with van der Waals surface area (Å²) in [5, 5.41) is 7.42. The quantitative estimate of drug-likeness (QED) is 0.761. The number of anilines is 1. The van der Waals surface area contributed by atoms with Gasteiger partial charge in [-0.2, -0.15) is 5.10 Å². The van der Waals surface area contributed by atoms with E-state index in [1.54, 1.807) is 0 Å². The summed E-state index contributed by atoms with van der Waals surface area (Å²) < 4.78 is 2.89. The van der Waals surface area contributed by atoms with Gasteiger partial charge >= 0.3 is 0 Å². The molecule has 1 aromatic carbocycles. The molecule has 2 aromatic rings. The van der Waals surface area contributed by atoms with E-state index >= 15 is 0 Å². The van der Waals surface area contributed by atoms with Crippen LogP contribution in [0.25, 0.3) is 0 Å². The molecule has 2 heterocycles. The third kappa shape index (κ3) is 4.95. The summed E-state index contributed by atoms with van der Waals surface area (Å²) in [4.78, 5) is 14.7. The van der Waals surface area contributed by atoms with E-state index in [1.807, 2.05) is 30.7 Å². The molecule has 0 atom stereocenters. The van der Waals surface area contributed by atoms with Crippen LogP contribution in [-0.4, -0.2) is 33.7 Å². The zero-order chi connectivity index (χ0) is 18.5. The highest BCUT2D eigenvalue weighted by Gasteiger charge is 2.12. The molecule has 0 bridgehead atoms. The molecule has 0 spiro atoms. The molecule has 0 unspecified atom stereocenters. The number of aromatic nitrogens is 2. The molecule has 3 rings (SSSR count). The fourth-order valence-corrected chi connectivity index (χ4v) is 3.68. The SMILES string of the molecule is Cc1nn(CCC(=O)Nc2ccc(CN3CCCCC3)cc2)c(C)c1Br. The molecule has 0 aliphatic carbocycles. The number of amides is 1. The van der Waals surface area contributed by atoms with Crippen LogP contribution in [0.5, 0.6) is 0 Å². The van der Waals surface area contributed by atoms with E-state index in [2.05, 4.69) is 43.4 Å². The Kier molecular flexibility index (Phi) is 6.48. The lowest BCUT2D eigenvalue weighted by molar-refractivity contribution is -0.116. The Bertz CT molecular complexity index is 748. The van der Waals surface area contributed by atoms with E-state index in [9.17, 15) is 4.79 Å². The first kappa shape index (κ1) is 19.1. The first-order chi connectivity index (χ1) is 12.5. The number of nitrogens with zero attached hydrogens (tertiary/aromatic N) is 3. The molecule has 1 aliphatic rings. The Hall–Kier alpha value is -1.66. The van der Waals surface area contributed by atoms with Crippen molar-refractivity contribution >= 4 is 27.5 Å². The Balaban J connectivity index is 1.48. The van der Waals surface area contributed by atoms with Crippen LogP contribution in [0.1, 0.15) is 42.6 Å². The highest BCUT2D eigenvalue weighted by Crippen LogP contribution is 2.20. The van der Waals surface area contributed by atoms with Gasteiger partial charge < -0.3 is 5.32 Å². The van der Waals surface area contributed by atoms with Gasteiger partial charge in [0.2, 0.25) is 5.91 Å². The lowest BCUT2D eigenvalue weighted by Gasteiger charge is -2.26. The van der Waals surface area contributed by atoms with Crippen molar-refractivity contribution in [3.8, 4) is 0 Å². The number of hydrogen-bond donors (Lipinski definition) is 1. The van der Waals surface area contributed by atoms with Gasteiger partial charge in [-0.3, -0.25) is 14.4 Å². The fourth-order valence-electron chi connectivity index (χ4n) is 3.39. The first-order valence-electron chi connectivity index (χ1n) is 9.33. The Morgan fingerprint density at radius 2 is 1.85 bits per heavy atom. The van der Waals surface area contributed by atoms with Crippen LogP contribution in [-0.2, 0) is 17.9 Å². The topological polar surface area (TPSA) is 50.2 Å². The number of hydrogen-bond acceptors (Lipinski definition) is 3. The molecule has 1 fully saturated rings. The van der Waals surface area contributed by atoms with Crippen LogP contribution in [0.15, 0.2) is 28.7 Å². The molecule has 1 amide bonds. The number of carbonyl (C=O) groups excluding carboxylic acids is 1. The lowest BCUT2D eigenvalue weighted by atomic mass is 10.1. The molecular weight excluding hydrogens is 392 g/mol. The van der Waals surface area contributed by atoms with Gasteiger partial charge in [0.15, 0.2) is 0 Å². The summed E-state index contributed by atoms with van der Waals surface area (Å²) in [5.41, 5.74) is 4.16. The Labute approximate surface area is 163 Å². The van der Waals surface area contributed by atoms with Crippen LogP contribution in [0.2, 0.25) is 0 Å². The monoisotopic (exact) mass is 418 g/mol. The second-order valence-electron chi connectivity index (χ2n) is 7.04. The van der Waals surface area contributed by atoms with Gasteiger partial charge in [-0.25, -0.2) is 0 Å². The van der Waals surface area contributed by atoms with E-state index in [0.29, 0.717) is 13.0 Å². The second-order valence-corrected chi connectivity index (χ2v) is 7.83. The van der Waals surface area contributed by atoms with E-state index in [4.69, 9.17) is 0 Å². The van der Waals surface area contributed by atoms with Crippen molar-refractivity contribution in [1.82, 2.24) is 14.7 Å². The van der Waals surface area contributed by atoms with Crippen molar-refractivity contribution in [1.29, 1.82) is 0 Å². The summed E-state index contributed by atoms with van der Waals surface area (Å²) in [6.07, 6.45) is 4.37. The lowest BCUT2D eigenvalue weighted by Crippen LogP contribution is -2.29. The van der Waals surface area contributed by atoms with Crippen molar-refractivity contribution in [2.75, 3.05) is 18.4 Å². The summed E-state index contributed by atoms with van der Waals surface area (Å²) in [7, 11) is 0. The summed E-state index contributed by atoms with van der Waals surface area (Å²) >= 11 is 3.52. The number of carbonyl (C=O) groups is 1. The molecule has 26 heavy (non-hydrogen) atoms. The van der Waals surface area contributed by atoms with Crippen molar-refractivity contribution in [2.24, 2.45) is 0 Å². The first-order valence-corrected chi connectivity index (χ1v) is 10.1. The number of halogens is 1. The Morgan fingerprint density at radius 1 is 1.15 bits per heavy atom. The second kappa shape index (κ2) is 8.82. The Morgan fingerprint density at radius 3 is 2.46 bits per heavy atom. The zero-order valence-electron chi connectivity index (χ0n) is 15.6.